The van der Waals surface area contributed by atoms with E-state index in [-0.39, 0.29) is 24.2 Å². The van der Waals surface area contributed by atoms with Crippen LogP contribution in [0.25, 0.3) is 0 Å². The summed E-state index contributed by atoms with van der Waals surface area (Å²) in [7, 11) is 0. The number of piperidine rings is 1. The molecule has 0 aliphatic carbocycles. The van der Waals surface area contributed by atoms with Crippen LogP contribution in [0.5, 0.6) is 0 Å². The van der Waals surface area contributed by atoms with E-state index in [0.717, 1.165) is 25.9 Å². The molecule has 1 aromatic rings. The SMILES string of the molecule is CCOC(=O)CC(C#Cc1cccc(F)c1)N1CCCCC1. The van der Waals surface area contributed by atoms with E-state index < -0.39 is 0 Å². The average Bonchev–Trinajstić information content (AvgIpc) is 2.52. The lowest BCUT2D eigenvalue weighted by molar-refractivity contribution is -0.144. The second kappa shape index (κ2) is 8.55. The van der Waals surface area contributed by atoms with Crippen molar-refractivity contribution in [2.24, 2.45) is 0 Å². The second-order valence-electron chi connectivity index (χ2n) is 5.40. The Morgan fingerprint density at radius 3 is 2.82 bits per heavy atom. The lowest BCUT2D eigenvalue weighted by Crippen LogP contribution is -2.40. The van der Waals surface area contributed by atoms with Gasteiger partial charge in [-0.1, -0.05) is 24.3 Å². The topological polar surface area (TPSA) is 29.5 Å². The molecule has 4 heteroatoms. The van der Waals surface area contributed by atoms with Crippen molar-refractivity contribution in [1.82, 2.24) is 4.90 Å². The van der Waals surface area contributed by atoms with Crippen LogP contribution in [-0.4, -0.2) is 36.6 Å². The van der Waals surface area contributed by atoms with Crippen molar-refractivity contribution in [3.63, 3.8) is 0 Å². The molecule has 0 radical (unpaired) electrons. The largest absolute Gasteiger partial charge is 0.466 e. The highest BCUT2D eigenvalue weighted by molar-refractivity contribution is 5.70. The van der Waals surface area contributed by atoms with Gasteiger partial charge in [0.05, 0.1) is 19.1 Å². The average molecular weight is 303 g/mol. The van der Waals surface area contributed by atoms with E-state index in [1.54, 1.807) is 19.1 Å². The molecule has 1 unspecified atom stereocenters. The van der Waals surface area contributed by atoms with Crippen molar-refractivity contribution in [1.29, 1.82) is 0 Å². The molecule has 1 saturated heterocycles. The molecule has 0 amide bonds. The van der Waals surface area contributed by atoms with Crippen molar-refractivity contribution in [2.45, 2.75) is 38.6 Å². The van der Waals surface area contributed by atoms with Crippen molar-refractivity contribution < 1.29 is 13.9 Å². The molecule has 0 aromatic heterocycles. The first kappa shape index (κ1) is 16.5. The van der Waals surface area contributed by atoms with Crippen LogP contribution in [0.4, 0.5) is 4.39 Å². The molecule has 0 saturated carbocycles. The van der Waals surface area contributed by atoms with Gasteiger partial charge >= 0.3 is 5.97 Å². The van der Waals surface area contributed by atoms with Gasteiger partial charge in [0.15, 0.2) is 0 Å². The summed E-state index contributed by atoms with van der Waals surface area (Å²) in [5, 5.41) is 0. The van der Waals surface area contributed by atoms with E-state index in [1.807, 2.05) is 0 Å². The van der Waals surface area contributed by atoms with E-state index in [4.69, 9.17) is 4.74 Å². The first-order chi connectivity index (χ1) is 10.7. The number of carbonyl (C=O) groups excluding carboxylic acids is 1. The number of hydrogen-bond acceptors (Lipinski definition) is 3. The molecule has 0 N–H and O–H groups in total. The van der Waals surface area contributed by atoms with Gasteiger partial charge in [-0.05, 0) is 51.1 Å². The summed E-state index contributed by atoms with van der Waals surface area (Å²) in [6, 6.07) is 6.05. The minimum absolute atomic E-state index is 0.164. The Bertz CT molecular complexity index is 556. The summed E-state index contributed by atoms with van der Waals surface area (Å²) in [5.41, 5.74) is 0.630. The molecular weight excluding hydrogens is 281 g/mol. The molecule has 118 valence electrons. The van der Waals surface area contributed by atoms with E-state index in [9.17, 15) is 9.18 Å². The number of nitrogens with zero attached hydrogens (tertiary/aromatic N) is 1. The predicted molar refractivity (Wildman–Crippen MR) is 83.7 cm³/mol. The number of ether oxygens (including phenoxy) is 1. The zero-order valence-electron chi connectivity index (χ0n) is 13.0. The van der Waals surface area contributed by atoms with Gasteiger partial charge in [-0.3, -0.25) is 9.69 Å². The molecule has 1 fully saturated rings. The molecule has 22 heavy (non-hydrogen) atoms. The number of likely N-dealkylation sites (tertiary alicyclic amines) is 1. The minimum Gasteiger partial charge on any atom is -0.466 e. The molecule has 1 aliphatic heterocycles. The van der Waals surface area contributed by atoms with Gasteiger partial charge in [-0.25, -0.2) is 4.39 Å². The summed E-state index contributed by atoms with van der Waals surface area (Å²) in [6.07, 6.45) is 3.73. The molecule has 1 atom stereocenters. The van der Waals surface area contributed by atoms with Gasteiger partial charge in [0, 0.05) is 5.56 Å². The number of halogens is 1. The monoisotopic (exact) mass is 303 g/mol. The Labute approximate surface area is 131 Å². The molecule has 1 aromatic carbocycles. The molecule has 0 bridgehead atoms. The van der Waals surface area contributed by atoms with Gasteiger partial charge in [-0.15, -0.1) is 0 Å². The first-order valence-corrected chi connectivity index (χ1v) is 7.86. The Morgan fingerprint density at radius 1 is 1.36 bits per heavy atom. The van der Waals surface area contributed by atoms with Gasteiger partial charge < -0.3 is 4.74 Å². The summed E-state index contributed by atoms with van der Waals surface area (Å²) < 4.78 is 18.2. The van der Waals surface area contributed by atoms with Gasteiger partial charge in [0.2, 0.25) is 0 Å². The minimum atomic E-state index is -0.299. The number of hydrogen-bond donors (Lipinski definition) is 0. The third kappa shape index (κ3) is 5.16. The van der Waals surface area contributed by atoms with Gasteiger partial charge in [-0.2, -0.15) is 0 Å². The van der Waals surface area contributed by atoms with Crippen LogP contribution in [0, 0.1) is 17.7 Å². The fourth-order valence-corrected chi connectivity index (χ4v) is 2.61. The first-order valence-electron chi connectivity index (χ1n) is 7.86. The zero-order chi connectivity index (χ0) is 15.8. The highest BCUT2D eigenvalue weighted by atomic mass is 19.1. The number of rotatable bonds is 4. The lowest BCUT2D eigenvalue weighted by atomic mass is 10.1. The third-order valence-corrected chi connectivity index (χ3v) is 3.70. The summed E-state index contributed by atoms with van der Waals surface area (Å²) in [6.45, 7) is 4.07. The highest BCUT2D eigenvalue weighted by Gasteiger charge is 2.22. The van der Waals surface area contributed by atoms with Crippen LogP contribution in [0.1, 0.15) is 38.2 Å². The molecule has 0 spiro atoms. The van der Waals surface area contributed by atoms with Crippen LogP contribution >= 0.6 is 0 Å². The number of benzene rings is 1. The Hall–Kier alpha value is -1.86. The normalized spacial score (nSPS) is 16.5. The lowest BCUT2D eigenvalue weighted by Gasteiger charge is -2.31. The number of carbonyl (C=O) groups is 1. The van der Waals surface area contributed by atoms with E-state index in [2.05, 4.69) is 16.7 Å². The van der Waals surface area contributed by atoms with E-state index in [1.165, 1.54) is 18.6 Å². The maximum absolute atomic E-state index is 13.2. The highest BCUT2D eigenvalue weighted by Crippen LogP contribution is 2.15. The molecular formula is C18H22FNO2. The van der Waals surface area contributed by atoms with Crippen LogP contribution in [-0.2, 0) is 9.53 Å². The van der Waals surface area contributed by atoms with Gasteiger partial charge in [0.1, 0.15) is 5.82 Å². The molecule has 3 nitrogen and oxygen atoms in total. The summed E-state index contributed by atoms with van der Waals surface area (Å²) in [4.78, 5) is 14.0. The van der Waals surface area contributed by atoms with Crippen LogP contribution in [0.3, 0.4) is 0 Å². The fourth-order valence-electron chi connectivity index (χ4n) is 2.61. The summed E-state index contributed by atoms with van der Waals surface area (Å²) in [5.74, 6) is 5.59. The Morgan fingerprint density at radius 2 is 2.14 bits per heavy atom. The van der Waals surface area contributed by atoms with Crippen molar-refractivity contribution in [3.05, 3.63) is 35.6 Å². The molecule has 1 aliphatic rings. The van der Waals surface area contributed by atoms with Crippen LogP contribution in [0.2, 0.25) is 0 Å². The van der Waals surface area contributed by atoms with Crippen molar-refractivity contribution in [3.8, 4) is 11.8 Å². The van der Waals surface area contributed by atoms with Crippen molar-refractivity contribution >= 4 is 5.97 Å². The van der Waals surface area contributed by atoms with Crippen LogP contribution < -0.4 is 0 Å². The predicted octanol–water partition coefficient (Wildman–Crippen LogP) is 2.98. The van der Waals surface area contributed by atoms with Crippen molar-refractivity contribution in [2.75, 3.05) is 19.7 Å². The second-order valence-corrected chi connectivity index (χ2v) is 5.40. The number of esters is 1. The maximum atomic E-state index is 13.2. The Kier molecular flexibility index (Phi) is 6.42. The van der Waals surface area contributed by atoms with E-state index >= 15 is 0 Å². The standard InChI is InChI=1S/C18H22FNO2/c1-2-22-18(21)14-17(20-11-4-3-5-12-20)10-9-15-7-6-8-16(19)13-15/h6-8,13,17H,2-5,11-12,14H2,1H3. The molecule has 2 rings (SSSR count). The van der Waals surface area contributed by atoms with Gasteiger partial charge in [0.25, 0.3) is 0 Å². The zero-order valence-corrected chi connectivity index (χ0v) is 13.0. The Balaban J connectivity index is 2.11. The summed E-state index contributed by atoms with van der Waals surface area (Å²) >= 11 is 0. The maximum Gasteiger partial charge on any atom is 0.308 e. The quantitative estimate of drug-likeness (QED) is 0.632. The third-order valence-electron chi connectivity index (χ3n) is 3.70. The molecule has 1 heterocycles. The smallest absolute Gasteiger partial charge is 0.308 e. The van der Waals surface area contributed by atoms with E-state index in [0.29, 0.717) is 12.2 Å². The fraction of sp³-hybridized carbons (Fsp3) is 0.500. The van der Waals surface area contributed by atoms with Crippen LogP contribution in [0.15, 0.2) is 24.3 Å².